The monoisotopic (exact) mass is 460 g/mol. The first-order valence-corrected chi connectivity index (χ1v) is 11.9. The second kappa shape index (κ2) is 9.25. The number of rotatable bonds is 5. The minimum atomic E-state index is -4.06. The Balaban J connectivity index is 1.45. The molecule has 0 saturated carbocycles. The van der Waals surface area contributed by atoms with Gasteiger partial charge in [-0.05, 0) is 36.4 Å². The summed E-state index contributed by atoms with van der Waals surface area (Å²) in [6.45, 7) is 2.50. The zero-order valence-electron chi connectivity index (χ0n) is 17.5. The number of carbonyl (C=O) groups is 2. The Hall–Kier alpha value is -2.98. The maximum Gasteiger partial charge on any atom is 0.243 e. The number of halogens is 1. The van der Waals surface area contributed by atoms with Gasteiger partial charge in [-0.3, -0.25) is 9.59 Å². The van der Waals surface area contributed by atoms with Gasteiger partial charge in [-0.1, -0.05) is 18.2 Å². The number of carbonyl (C=O) groups excluding carboxylic acids is 2. The zero-order chi connectivity index (χ0) is 22.7. The molecule has 2 aliphatic heterocycles. The van der Waals surface area contributed by atoms with E-state index in [4.69, 9.17) is 0 Å². The molecule has 8 nitrogen and oxygen atoms in total. The molecule has 170 valence electrons. The van der Waals surface area contributed by atoms with E-state index in [1.807, 2.05) is 30.3 Å². The van der Waals surface area contributed by atoms with E-state index in [0.717, 1.165) is 22.1 Å². The number of hydrogen-bond acceptors (Lipinski definition) is 5. The minimum Gasteiger partial charge on any atom is -0.368 e. The fourth-order valence-electron chi connectivity index (χ4n) is 4.07. The Morgan fingerprint density at radius 1 is 0.969 bits per heavy atom. The van der Waals surface area contributed by atoms with Crippen molar-refractivity contribution >= 4 is 27.5 Å². The number of piperazine rings is 2. The molecule has 2 amide bonds. The molecule has 4 rings (SSSR count). The lowest BCUT2D eigenvalue weighted by atomic mass is 10.1. The molecule has 2 heterocycles. The number of anilines is 1. The third-order valence-corrected chi connectivity index (χ3v) is 7.75. The number of sulfonamides is 1. The van der Waals surface area contributed by atoms with Crippen LogP contribution in [0, 0.1) is 5.82 Å². The molecule has 2 fully saturated rings. The Labute approximate surface area is 186 Å². The van der Waals surface area contributed by atoms with Crippen molar-refractivity contribution in [1.29, 1.82) is 0 Å². The number of hydrogen-bond donors (Lipinski definition) is 1. The first kappa shape index (κ1) is 22.2. The second-order valence-electron chi connectivity index (χ2n) is 7.78. The molecule has 2 aromatic rings. The smallest absolute Gasteiger partial charge is 0.243 e. The topological polar surface area (TPSA) is 90.0 Å². The van der Waals surface area contributed by atoms with Gasteiger partial charge in [-0.2, -0.15) is 4.31 Å². The molecule has 0 radical (unpaired) electrons. The molecule has 0 spiro atoms. The van der Waals surface area contributed by atoms with E-state index < -0.39 is 27.8 Å². The first-order valence-electron chi connectivity index (χ1n) is 10.5. The van der Waals surface area contributed by atoms with Crippen molar-refractivity contribution in [3.63, 3.8) is 0 Å². The van der Waals surface area contributed by atoms with Crippen LogP contribution in [0.4, 0.5) is 10.1 Å². The van der Waals surface area contributed by atoms with Gasteiger partial charge < -0.3 is 15.1 Å². The molecule has 10 heteroatoms. The molecule has 2 aromatic carbocycles. The van der Waals surface area contributed by atoms with Gasteiger partial charge >= 0.3 is 0 Å². The van der Waals surface area contributed by atoms with Crippen LogP contribution in [0.5, 0.6) is 0 Å². The molecule has 1 N–H and O–H groups in total. The molecule has 0 unspecified atom stereocenters. The van der Waals surface area contributed by atoms with Crippen LogP contribution in [0.1, 0.15) is 6.42 Å². The van der Waals surface area contributed by atoms with Crippen molar-refractivity contribution in [1.82, 2.24) is 14.5 Å². The Morgan fingerprint density at radius 3 is 2.28 bits per heavy atom. The van der Waals surface area contributed by atoms with E-state index in [2.05, 4.69) is 10.2 Å². The molecule has 2 aliphatic rings. The standard InChI is InChI=1S/C22H25FN4O4S/c23-17-6-8-19(9-7-17)32(30,31)27-11-10-24-22(29)20(27)16-21(28)26-14-12-25(13-15-26)18-4-2-1-3-5-18/h1-9,20H,10-16H2,(H,24,29)/t20-/m1/s1. The average molecular weight is 461 g/mol. The Morgan fingerprint density at radius 2 is 1.62 bits per heavy atom. The summed E-state index contributed by atoms with van der Waals surface area (Å²) in [5, 5.41) is 2.65. The summed E-state index contributed by atoms with van der Waals surface area (Å²) in [6, 6.07) is 13.2. The van der Waals surface area contributed by atoms with E-state index in [9.17, 15) is 22.4 Å². The van der Waals surface area contributed by atoms with Crippen LogP contribution in [0.2, 0.25) is 0 Å². The van der Waals surface area contributed by atoms with Crippen LogP contribution in [0.15, 0.2) is 59.5 Å². The van der Waals surface area contributed by atoms with Gasteiger partial charge in [0.25, 0.3) is 0 Å². The minimum absolute atomic E-state index is 0.0468. The summed E-state index contributed by atoms with van der Waals surface area (Å²) in [7, 11) is -4.06. The lowest BCUT2D eigenvalue weighted by Crippen LogP contribution is -2.59. The van der Waals surface area contributed by atoms with Gasteiger partial charge in [0.05, 0.1) is 11.3 Å². The predicted octanol–water partition coefficient (Wildman–Crippen LogP) is 1.05. The Kier molecular flexibility index (Phi) is 6.43. The predicted molar refractivity (Wildman–Crippen MR) is 117 cm³/mol. The first-order chi connectivity index (χ1) is 15.4. The Bertz CT molecular complexity index is 1070. The third-order valence-electron chi connectivity index (χ3n) is 5.82. The summed E-state index contributed by atoms with van der Waals surface area (Å²) in [6.07, 6.45) is -0.238. The van der Waals surface area contributed by atoms with E-state index in [1.54, 1.807) is 4.90 Å². The molecule has 0 aromatic heterocycles. The number of amides is 2. The van der Waals surface area contributed by atoms with Crippen LogP contribution in [0.3, 0.4) is 0 Å². The van der Waals surface area contributed by atoms with Crippen molar-refractivity contribution < 1.29 is 22.4 Å². The van der Waals surface area contributed by atoms with E-state index in [1.165, 1.54) is 12.1 Å². The lowest BCUT2D eigenvalue weighted by molar-refractivity contribution is -0.137. The quantitative estimate of drug-likeness (QED) is 0.721. The van der Waals surface area contributed by atoms with Crippen molar-refractivity contribution in [2.24, 2.45) is 0 Å². The number of benzene rings is 2. The molecular weight excluding hydrogens is 435 g/mol. The SMILES string of the molecule is O=C1NCCN(S(=O)(=O)c2ccc(F)cc2)[C@@H]1CC(=O)N1CCN(c2ccccc2)CC1. The average Bonchev–Trinajstić information content (AvgIpc) is 2.81. The molecular formula is C22H25FN4O4S. The largest absolute Gasteiger partial charge is 0.368 e. The van der Waals surface area contributed by atoms with Gasteiger partial charge in [0, 0.05) is 45.0 Å². The highest BCUT2D eigenvalue weighted by Crippen LogP contribution is 2.23. The van der Waals surface area contributed by atoms with Crippen LogP contribution in [-0.4, -0.2) is 74.7 Å². The fourth-order valence-corrected chi connectivity index (χ4v) is 5.65. The summed E-state index contributed by atoms with van der Waals surface area (Å²) >= 11 is 0. The van der Waals surface area contributed by atoms with E-state index in [0.29, 0.717) is 26.2 Å². The van der Waals surface area contributed by atoms with Crippen molar-refractivity contribution in [2.75, 3.05) is 44.2 Å². The number of para-hydroxylation sites is 1. The van der Waals surface area contributed by atoms with Gasteiger partial charge in [-0.15, -0.1) is 0 Å². The van der Waals surface area contributed by atoms with Crippen molar-refractivity contribution in [3.8, 4) is 0 Å². The molecule has 32 heavy (non-hydrogen) atoms. The lowest BCUT2D eigenvalue weighted by Gasteiger charge is -2.38. The fraction of sp³-hybridized carbons (Fsp3) is 0.364. The molecule has 1 atom stereocenters. The summed E-state index contributed by atoms with van der Waals surface area (Å²) in [4.78, 5) is 29.2. The van der Waals surface area contributed by atoms with Crippen molar-refractivity contribution in [3.05, 3.63) is 60.4 Å². The maximum atomic E-state index is 13.2. The van der Waals surface area contributed by atoms with Gasteiger partial charge in [0.1, 0.15) is 11.9 Å². The third kappa shape index (κ3) is 4.61. The molecule has 0 bridgehead atoms. The van der Waals surface area contributed by atoms with Crippen LogP contribution >= 0.6 is 0 Å². The maximum absolute atomic E-state index is 13.2. The summed E-state index contributed by atoms with van der Waals surface area (Å²) in [5.41, 5.74) is 1.09. The van der Waals surface area contributed by atoms with Gasteiger partial charge in [0.15, 0.2) is 0 Å². The highest BCUT2D eigenvalue weighted by atomic mass is 32.2. The molecule has 0 aliphatic carbocycles. The molecule has 2 saturated heterocycles. The zero-order valence-corrected chi connectivity index (χ0v) is 18.3. The van der Waals surface area contributed by atoms with Crippen molar-refractivity contribution in [2.45, 2.75) is 17.4 Å². The summed E-state index contributed by atoms with van der Waals surface area (Å²) in [5.74, 6) is -1.32. The van der Waals surface area contributed by atoms with E-state index in [-0.39, 0.29) is 30.3 Å². The summed E-state index contributed by atoms with van der Waals surface area (Å²) < 4.78 is 40.5. The van der Waals surface area contributed by atoms with Gasteiger partial charge in [0.2, 0.25) is 21.8 Å². The highest BCUT2D eigenvalue weighted by Gasteiger charge is 2.40. The normalized spacial score (nSPS) is 20.2. The van der Waals surface area contributed by atoms with E-state index >= 15 is 0 Å². The van der Waals surface area contributed by atoms with Crippen LogP contribution < -0.4 is 10.2 Å². The van der Waals surface area contributed by atoms with Gasteiger partial charge in [-0.25, -0.2) is 12.8 Å². The van der Waals surface area contributed by atoms with Crippen LogP contribution in [0.25, 0.3) is 0 Å². The number of nitrogens with zero attached hydrogens (tertiary/aromatic N) is 3. The van der Waals surface area contributed by atoms with Crippen LogP contribution in [-0.2, 0) is 19.6 Å². The highest BCUT2D eigenvalue weighted by molar-refractivity contribution is 7.89. The number of nitrogens with one attached hydrogen (secondary N) is 1. The second-order valence-corrected chi connectivity index (χ2v) is 9.67.